The van der Waals surface area contributed by atoms with E-state index in [1.54, 1.807) is 4.90 Å². The molecule has 0 atom stereocenters. The van der Waals surface area contributed by atoms with Crippen molar-refractivity contribution in [2.24, 2.45) is 0 Å². The second kappa shape index (κ2) is 5.08. The first-order valence-corrected chi connectivity index (χ1v) is 7.29. The van der Waals surface area contributed by atoms with E-state index >= 15 is 0 Å². The summed E-state index contributed by atoms with van der Waals surface area (Å²) in [6.45, 7) is 4.38. The van der Waals surface area contributed by atoms with Crippen molar-refractivity contribution in [3.63, 3.8) is 0 Å². The number of hydrogen-bond acceptors (Lipinski definition) is 5. The molecule has 0 aliphatic carbocycles. The summed E-state index contributed by atoms with van der Waals surface area (Å²) < 4.78 is 21.9. The summed E-state index contributed by atoms with van der Waals surface area (Å²) in [4.78, 5) is 1.80. The summed E-state index contributed by atoms with van der Waals surface area (Å²) in [6.07, 6.45) is 1.29. The van der Waals surface area contributed by atoms with Crippen molar-refractivity contribution in [1.82, 2.24) is 0 Å². The molecule has 23 heavy (non-hydrogen) atoms. The third-order valence-electron chi connectivity index (χ3n) is 4.17. The van der Waals surface area contributed by atoms with Crippen molar-refractivity contribution in [2.75, 3.05) is 18.5 Å². The molecule has 2 aromatic rings. The number of rotatable bonds is 3. The number of benzene rings is 2. The van der Waals surface area contributed by atoms with E-state index in [0.29, 0.717) is 0 Å². The lowest BCUT2D eigenvalue weighted by atomic mass is 10.1. The van der Waals surface area contributed by atoms with Gasteiger partial charge < -0.3 is 23.8 Å². The van der Waals surface area contributed by atoms with Gasteiger partial charge in [-0.05, 0) is 38.1 Å². The third kappa shape index (κ3) is 1.98. The van der Waals surface area contributed by atoms with Gasteiger partial charge in [-0.2, -0.15) is 0 Å². The molecule has 0 saturated heterocycles. The SMILES string of the molecule is Cc1c(N(C=N)c2ccc3c(c2C)OCO3)ccc2c1OCO2. The van der Waals surface area contributed by atoms with Crippen LogP contribution in [0.4, 0.5) is 11.4 Å². The van der Waals surface area contributed by atoms with Gasteiger partial charge in [0, 0.05) is 11.1 Å². The van der Waals surface area contributed by atoms with Gasteiger partial charge >= 0.3 is 0 Å². The molecule has 2 aromatic carbocycles. The number of anilines is 2. The van der Waals surface area contributed by atoms with Crippen molar-refractivity contribution in [3.05, 3.63) is 35.4 Å². The molecule has 0 spiro atoms. The minimum Gasteiger partial charge on any atom is -0.454 e. The second-order valence-corrected chi connectivity index (χ2v) is 5.39. The van der Waals surface area contributed by atoms with Crippen LogP contribution >= 0.6 is 0 Å². The second-order valence-electron chi connectivity index (χ2n) is 5.39. The molecule has 0 aromatic heterocycles. The Morgan fingerprint density at radius 1 is 0.826 bits per heavy atom. The van der Waals surface area contributed by atoms with E-state index in [4.69, 9.17) is 24.4 Å². The van der Waals surface area contributed by atoms with Crippen LogP contribution < -0.4 is 23.8 Å². The zero-order chi connectivity index (χ0) is 16.0. The van der Waals surface area contributed by atoms with Crippen LogP contribution in [0.15, 0.2) is 24.3 Å². The van der Waals surface area contributed by atoms with Gasteiger partial charge in [0.2, 0.25) is 13.6 Å². The number of nitrogens with one attached hydrogen (secondary N) is 1. The topological polar surface area (TPSA) is 64.0 Å². The van der Waals surface area contributed by atoms with E-state index in [2.05, 4.69) is 0 Å². The summed E-state index contributed by atoms with van der Waals surface area (Å²) in [5.74, 6) is 2.93. The fourth-order valence-electron chi connectivity index (χ4n) is 2.99. The zero-order valence-electron chi connectivity index (χ0n) is 12.9. The lowest BCUT2D eigenvalue weighted by Gasteiger charge is -2.24. The first-order chi connectivity index (χ1) is 11.2. The van der Waals surface area contributed by atoms with Crippen LogP contribution in [0.1, 0.15) is 11.1 Å². The minimum absolute atomic E-state index is 0.229. The van der Waals surface area contributed by atoms with E-state index < -0.39 is 0 Å². The van der Waals surface area contributed by atoms with E-state index in [9.17, 15) is 0 Å². The maximum atomic E-state index is 7.88. The Labute approximate surface area is 133 Å². The first kappa shape index (κ1) is 13.8. The molecule has 2 aliphatic rings. The van der Waals surface area contributed by atoms with Gasteiger partial charge in [-0.25, -0.2) is 0 Å². The fraction of sp³-hybridized carbons (Fsp3) is 0.235. The van der Waals surface area contributed by atoms with Crippen molar-refractivity contribution >= 4 is 17.7 Å². The van der Waals surface area contributed by atoms with E-state index in [-0.39, 0.29) is 13.6 Å². The summed E-state index contributed by atoms with van der Waals surface area (Å²) in [6, 6.07) is 7.59. The lowest BCUT2D eigenvalue weighted by Crippen LogP contribution is -2.16. The molecule has 6 heteroatoms. The first-order valence-electron chi connectivity index (χ1n) is 7.29. The van der Waals surface area contributed by atoms with Crippen LogP contribution in [0, 0.1) is 19.3 Å². The molecule has 0 unspecified atom stereocenters. The van der Waals surface area contributed by atoms with Crippen molar-refractivity contribution < 1.29 is 18.9 Å². The number of hydrogen-bond donors (Lipinski definition) is 1. The third-order valence-corrected chi connectivity index (χ3v) is 4.17. The van der Waals surface area contributed by atoms with Gasteiger partial charge in [-0.3, -0.25) is 5.41 Å². The van der Waals surface area contributed by atoms with Gasteiger partial charge in [0.05, 0.1) is 17.7 Å². The minimum atomic E-state index is 0.229. The maximum absolute atomic E-state index is 7.88. The van der Waals surface area contributed by atoms with Gasteiger partial charge in [0.15, 0.2) is 23.0 Å². The number of fused-ring (bicyclic) bond motifs is 2. The number of nitrogens with zero attached hydrogens (tertiary/aromatic N) is 1. The molecule has 2 aliphatic heterocycles. The Morgan fingerprint density at radius 3 is 1.74 bits per heavy atom. The highest BCUT2D eigenvalue weighted by Crippen LogP contribution is 2.45. The molecule has 0 bridgehead atoms. The molecule has 4 rings (SSSR count). The Kier molecular flexibility index (Phi) is 3.04. The molecule has 1 N–H and O–H groups in total. The molecule has 0 fully saturated rings. The average Bonchev–Trinajstić information content (AvgIpc) is 3.21. The van der Waals surface area contributed by atoms with Crippen molar-refractivity contribution in [3.8, 4) is 23.0 Å². The largest absolute Gasteiger partial charge is 0.454 e. The van der Waals surface area contributed by atoms with E-state index in [0.717, 1.165) is 45.5 Å². The molecule has 0 saturated carbocycles. The molecule has 0 radical (unpaired) electrons. The van der Waals surface area contributed by atoms with Gasteiger partial charge in [0.1, 0.15) is 0 Å². The lowest BCUT2D eigenvalue weighted by molar-refractivity contribution is 0.173. The Morgan fingerprint density at radius 2 is 1.30 bits per heavy atom. The highest BCUT2D eigenvalue weighted by molar-refractivity contribution is 5.92. The van der Waals surface area contributed by atoms with E-state index in [1.807, 2.05) is 38.1 Å². The van der Waals surface area contributed by atoms with Crippen LogP contribution in [-0.4, -0.2) is 19.9 Å². The highest BCUT2D eigenvalue weighted by Gasteiger charge is 2.24. The van der Waals surface area contributed by atoms with E-state index in [1.165, 1.54) is 6.34 Å². The van der Waals surface area contributed by atoms with Crippen LogP contribution in [0.2, 0.25) is 0 Å². The van der Waals surface area contributed by atoms with Crippen LogP contribution in [-0.2, 0) is 0 Å². The molecule has 118 valence electrons. The Bertz CT molecular complexity index is 740. The summed E-state index contributed by atoms with van der Waals surface area (Å²) in [5.41, 5.74) is 3.60. The standard InChI is InChI=1S/C17H16N2O4/c1-10-12(3-5-14-16(10)22-8-20-14)19(7-18)13-4-6-15-17(11(13)2)23-9-21-15/h3-7,18H,8-9H2,1-2H3. The van der Waals surface area contributed by atoms with Gasteiger partial charge in [-0.15, -0.1) is 0 Å². The maximum Gasteiger partial charge on any atom is 0.231 e. The van der Waals surface area contributed by atoms with Gasteiger partial charge in [-0.1, -0.05) is 0 Å². The summed E-state index contributed by atoms with van der Waals surface area (Å²) in [5, 5.41) is 7.88. The fourth-order valence-corrected chi connectivity index (χ4v) is 2.99. The predicted octanol–water partition coefficient (Wildman–Crippen LogP) is 3.51. The quantitative estimate of drug-likeness (QED) is 0.694. The van der Waals surface area contributed by atoms with Crippen LogP contribution in [0.5, 0.6) is 23.0 Å². The molecular formula is C17H16N2O4. The van der Waals surface area contributed by atoms with Crippen LogP contribution in [0.3, 0.4) is 0 Å². The van der Waals surface area contributed by atoms with Gasteiger partial charge in [0.25, 0.3) is 0 Å². The van der Waals surface area contributed by atoms with Crippen LogP contribution in [0.25, 0.3) is 0 Å². The predicted molar refractivity (Wildman–Crippen MR) is 85.5 cm³/mol. The highest BCUT2D eigenvalue weighted by atomic mass is 16.7. The number of ether oxygens (including phenoxy) is 4. The molecule has 2 heterocycles. The monoisotopic (exact) mass is 312 g/mol. The molecule has 0 amide bonds. The van der Waals surface area contributed by atoms with Crippen molar-refractivity contribution in [1.29, 1.82) is 5.41 Å². The summed E-state index contributed by atoms with van der Waals surface area (Å²) in [7, 11) is 0. The average molecular weight is 312 g/mol. The zero-order valence-corrected chi connectivity index (χ0v) is 12.9. The normalized spacial score (nSPS) is 14.0. The Balaban J connectivity index is 1.83. The summed E-state index contributed by atoms with van der Waals surface area (Å²) >= 11 is 0. The molecular weight excluding hydrogens is 296 g/mol. The molecule has 6 nitrogen and oxygen atoms in total. The van der Waals surface area contributed by atoms with Crippen molar-refractivity contribution in [2.45, 2.75) is 13.8 Å². The smallest absolute Gasteiger partial charge is 0.231 e. The Hall–Kier alpha value is -2.89.